The van der Waals surface area contributed by atoms with E-state index in [-0.39, 0.29) is 11.0 Å². The van der Waals surface area contributed by atoms with Crippen molar-refractivity contribution in [1.82, 2.24) is 0 Å². The molecule has 0 aromatic carbocycles. The number of aliphatic hydroxyl groups excluding tert-OH is 1. The molecule has 1 aliphatic carbocycles. The normalized spacial score (nSPS) is 34.5. The van der Waals surface area contributed by atoms with Gasteiger partial charge in [-0.15, -0.1) is 0 Å². The molecule has 3 heteroatoms. The molecule has 0 radical (unpaired) electrons. The lowest BCUT2D eigenvalue weighted by atomic mass is 9.97. The zero-order chi connectivity index (χ0) is 8.27. The van der Waals surface area contributed by atoms with E-state index in [0.29, 0.717) is 12.8 Å². The summed E-state index contributed by atoms with van der Waals surface area (Å²) in [6.45, 7) is 0. The summed E-state index contributed by atoms with van der Waals surface area (Å²) in [4.78, 5) is 11.0. The van der Waals surface area contributed by atoms with Crippen LogP contribution in [0.15, 0.2) is 0 Å². The lowest BCUT2D eigenvalue weighted by molar-refractivity contribution is -0.121. The lowest BCUT2D eigenvalue weighted by Crippen LogP contribution is -2.20. The van der Waals surface area contributed by atoms with Crippen LogP contribution in [0.5, 0.6) is 0 Å². The monoisotopic (exact) mass is 174 g/mol. The summed E-state index contributed by atoms with van der Waals surface area (Å²) in [6, 6.07) is 0. The maximum atomic E-state index is 11.0. The van der Waals surface area contributed by atoms with E-state index in [9.17, 15) is 9.90 Å². The van der Waals surface area contributed by atoms with E-state index in [1.807, 2.05) is 0 Å². The van der Waals surface area contributed by atoms with E-state index in [4.69, 9.17) is 0 Å². The van der Waals surface area contributed by atoms with E-state index in [1.165, 1.54) is 0 Å². The van der Waals surface area contributed by atoms with Crippen molar-refractivity contribution < 1.29 is 9.90 Å². The van der Waals surface area contributed by atoms with Crippen molar-refractivity contribution in [3.8, 4) is 0 Å². The van der Waals surface area contributed by atoms with Gasteiger partial charge < -0.3 is 5.11 Å². The topological polar surface area (TPSA) is 37.3 Å². The molecule has 1 aliphatic rings. The number of rotatable bonds is 0. The highest BCUT2D eigenvalue weighted by Crippen LogP contribution is 2.18. The van der Waals surface area contributed by atoms with Gasteiger partial charge in [0.1, 0.15) is 5.78 Å². The summed E-state index contributed by atoms with van der Waals surface area (Å²) < 4.78 is 0. The molecule has 0 aromatic rings. The molecule has 0 bridgehead atoms. The van der Waals surface area contributed by atoms with Crippen molar-refractivity contribution in [3.05, 3.63) is 0 Å². The Morgan fingerprint density at radius 3 is 2.82 bits per heavy atom. The van der Waals surface area contributed by atoms with Gasteiger partial charge in [0, 0.05) is 18.1 Å². The van der Waals surface area contributed by atoms with Crippen molar-refractivity contribution in [2.45, 2.75) is 43.5 Å². The molecule has 1 N–H and O–H groups in total. The van der Waals surface area contributed by atoms with Gasteiger partial charge in [0.25, 0.3) is 0 Å². The smallest absolute Gasteiger partial charge is 0.136 e. The van der Waals surface area contributed by atoms with Crippen molar-refractivity contribution >= 4 is 18.4 Å². The van der Waals surface area contributed by atoms with Gasteiger partial charge in [-0.1, -0.05) is 0 Å². The minimum Gasteiger partial charge on any atom is -0.393 e. The van der Waals surface area contributed by atoms with E-state index in [1.54, 1.807) is 0 Å². The third kappa shape index (κ3) is 3.25. The Kier molecular flexibility index (Phi) is 3.40. The van der Waals surface area contributed by atoms with E-state index < -0.39 is 6.10 Å². The predicted octanol–water partition coefficient (Wildman–Crippen LogP) is 1.18. The maximum Gasteiger partial charge on any atom is 0.136 e. The van der Waals surface area contributed by atoms with Crippen LogP contribution in [0.1, 0.15) is 32.1 Å². The predicted molar refractivity (Wildman–Crippen MR) is 46.9 cm³/mol. The number of Topliss-reactive ketones (excluding diaryl/α,β-unsaturated/α-hetero) is 1. The molecule has 0 aromatic heterocycles. The minimum atomic E-state index is -0.400. The summed E-state index contributed by atoms with van der Waals surface area (Å²) in [6.07, 6.45) is 3.15. The number of hydrogen-bond acceptors (Lipinski definition) is 3. The summed E-state index contributed by atoms with van der Waals surface area (Å²) >= 11 is 4.26. The van der Waals surface area contributed by atoms with Crippen LogP contribution in [0, 0.1) is 0 Å². The number of ketones is 1. The molecule has 0 spiro atoms. The summed E-state index contributed by atoms with van der Waals surface area (Å²) in [7, 11) is 0. The Balaban J connectivity index is 2.41. The fraction of sp³-hybridized carbons (Fsp3) is 0.875. The van der Waals surface area contributed by atoms with Crippen molar-refractivity contribution in [2.75, 3.05) is 0 Å². The first-order chi connectivity index (χ1) is 5.18. The molecule has 0 saturated heterocycles. The molecule has 1 saturated carbocycles. The Bertz CT molecular complexity index is 133. The Morgan fingerprint density at radius 1 is 1.36 bits per heavy atom. The minimum absolute atomic E-state index is 0.150. The summed E-state index contributed by atoms with van der Waals surface area (Å²) in [5.74, 6) is 0.150. The largest absolute Gasteiger partial charge is 0.393 e. The summed E-state index contributed by atoms with van der Waals surface area (Å²) in [5, 5.41) is 9.44. The average Bonchev–Trinajstić information content (AvgIpc) is 1.83. The zero-order valence-corrected chi connectivity index (χ0v) is 7.39. The third-order valence-corrected chi connectivity index (χ3v) is 2.44. The second-order valence-electron chi connectivity index (χ2n) is 3.19. The molecule has 11 heavy (non-hydrogen) atoms. The van der Waals surface area contributed by atoms with E-state index in [2.05, 4.69) is 12.6 Å². The van der Waals surface area contributed by atoms with Crippen LogP contribution in [0.3, 0.4) is 0 Å². The molecule has 1 rings (SSSR count). The van der Waals surface area contributed by atoms with Crippen molar-refractivity contribution in [2.24, 2.45) is 0 Å². The molecule has 2 atom stereocenters. The highest BCUT2D eigenvalue weighted by atomic mass is 32.1. The highest BCUT2D eigenvalue weighted by molar-refractivity contribution is 7.81. The van der Waals surface area contributed by atoms with Gasteiger partial charge in [-0.3, -0.25) is 4.79 Å². The standard InChI is InChI=1S/C8H14O2S/c9-6-2-1-3-8(11)5-7(10)4-6/h6,8-9,11H,1-5H2. The fourth-order valence-electron chi connectivity index (χ4n) is 1.40. The Morgan fingerprint density at radius 2 is 2.09 bits per heavy atom. The molecule has 2 unspecified atom stereocenters. The SMILES string of the molecule is O=C1CC(O)CCCC(S)C1. The summed E-state index contributed by atoms with van der Waals surface area (Å²) in [5.41, 5.74) is 0. The molecule has 0 aliphatic heterocycles. The second-order valence-corrected chi connectivity index (χ2v) is 3.92. The van der Waals surface area contributed by atoms with Crippen LogP contribution >= 0.6 is 12.6 Å². The molecule has 2 nitrogen and oxygen atoms in total. The van der Waals surface area contributed by atoms with Gasteiger partial charge in [0.15, 0.2) is 0 Å². The maximum absolute atomic E-state index is 11.0. The lowest BCUT2D eigenvalue weighted by Gasteiger charge is -2.17. The zero-order valence-electron chi connectivity index (χ0n) is 6.49. The van der Waals surface area contributed by atoms with Gasteiger partial charge in [-0.05, 0) is 19.3 Å². The fourth-order valence-corrected chi connectivity index (χ4v) is 1.79. The van der Waals surface area contributed by atoms with E-state index >= 15 is 0 Å². The van der Waals surface area contributed by atoms with Crippen LogP contribution in [-0.2, 0) is 4.79 Å². The van der Waals surface area contributed by atoms with Crippen LogP contribution in [0.2, 0.25) is 0 Å². The molecular formula is C8H14O2S. The number of carbonyl (C=O) groups is 1. The van der Waals surface area contributed by atoms with Crippen LogP contribution < -0.4 is 0 Å². The second kappa shape index (κ2) is 4.12. The average molecular weight is 174 g/mol. The van der Waals surface area contributed by atoms with Gasteiger partial charge >= 0.3 is 0 Å². The van der Waals surface area contributed by atoms with Gasteiger partial charge in [-0.2, -0.15) is 12.6 Å². The quantitative estimate of drug-likeness (QED) is 0.541. The van der Waals surface area contributed by atoms with Gasteiger partial charge in [0.05, 0.1) is 6.10 Å². The van der Waals surface area contributed by atoms with Gasteiger partial charge in [0.2, 0.25) is 0 Å². The van der Waals surface area contributed by atoms with Crippen LogP contribution in [0.25, 0.3) is 0 Å². The van der Waals surface area contributed by atoms with Crippen LogP contribution in [-0.4, -0.2) is 22.2 Å². The number of aliphatic hydroxyl groups is 1. The first-order valence-corrected chi connectivity index (χ1v) is 4.58. The molecule has 0 heterocycles. The van der Waals surface area contributed by atoms with Crippen LogP contribution in [0.4, 0.5) is 0 Å². The molecule has 64 valence electrons. The van der Waals surface area contributed by atoms with Crippen molar-refractivity contribution in [3.63, 3.8) is 0 Å². The highest BCUT2D eigenvalue weighted by Gasteiger charge is 2.17. The number of thiol groups is 1. The number of hydrogen-bond donors (Lipinski definition) is 2. The number of carbonyl (C=O) groups excluding carboxylic acids is 1. The molecule has 0 amide bonds. The third-order valence-electron chi connectivity index (χ3n) is 2.00. The first-order valence-electron chi connectivity index (χ1n) is 4.06. The first kappa shape index (κ1) is 9.07. The molecule has 1 fully saturated rings. The van der Waals surface area contributed by atoms with E-state index in [0.717, 1.165) is 19.3 Å². The van der Waals surface area contributed by atoms with Crippen molar-refractivity contribution in [1.29, 1.82) is 0 Å². The Hall–Kier alpha value is -0.0200. The molecular weight excluding hydrogens is 160 g/mol. The Labute approximate surface area is 72.4 Å². The van der Waals surface area contributed by atoms with Gasteiger partial charge in [-0.25, -0.2) is 0 Å².